The molecule has 0 atom stereocenters. The zero-order valence-corrected chi connectivity index (χ0v) is 16.0. The molecule has 0 amide bonds. The fraction of sp³-hybridized carbons (Fsp3) is 0.316. The van der Waals surface area contributed by atoms with Crippen molar-refractivity contribution < 1.29 is 9.47 Å². The molecule has 0 aliphatic carbocycles. The molecule has 7 nitrogen and oxygen atoms in total. The molecule has 0 radical (unpaired) electrons. The third-order valence-corrected chi connectivity index (χ3v) is 4.38. The highest BCUT2D eigenvalue weighted by molar-refractivity contribution is 6.28. The fourth-order valence-electron chi connectivity index (χ4n) is 2.94. The number of aryl methyl sites for hydroxylation is 1. The summed E-state index contributed by atoms with van der Waals surface area (Å²) in [5, 5.41) is 0.0867. The number of rotatable bonds is 7. The maximum absolute atomic E-state index is 6.00. The van der Waals surface area contributed by atoms with Gasteiger partial charge in [-0.3, -0.25) is 0 Å². The van der Waals surface area contributed by atoms with Crippen LogP contribution in [0.1, 0.15) is 24.2 Å². The molecule has 0 saturated heterocycles. The van der Waals surface area contributed by atoms with Crippen LogP contribution in [0.4, 0.5) is 5.82 Å². The molecule has 0 saturated carbocycles. The topological polar surface area (TPSA) is 88.1 Å². The number of nitrogens with two attached hydrogens (primary N) is 1. The summed E-state index contributed by atoms with van der Waals surface area (Å²) in [6, 6.07) is 5.64. The lowest BCUT2D eigenvalue weighted by Crippen LogP contribution is -2.07. The molecule has 140 valence electrons. The standard InChI is InChI=1S/C19H20ClN5O2/c1-4-5-6-9-25-15(22-16-17(21)23-19(20)24-18(16)25)11-12-10-13(26-2)7-8-14(12)27-3/h1,7-8,10H,5-6,9,11H2,2-3H3,(H2,21,23,24). The van der Waals surface area contributed by atoms with Crippen LogP contribution in [0.3, 0.4) is 0 Å². The molecular weight excluding hydrogens is 366 g/mol. The van der Waals surface area contributed by atoms with E-state index >= 15 is 0 Å². The van der Waals surface area contributed by atoms with Crippen molar-refractivity contribution in [1.29, 1.82) is 0 Å². The van der Waals surface area contributed by atoms with E-state index in [2.05, 4.69) is 20.9 Å². The minimum atomic E-state index is 0.0867. The molecule has 0 bridgehead atoms. The summed E-state index contributed by atoms with van der Waals surface area (Å²) in [6.07, 6.45) is 7.32. The Morgan fingerprint density at radius 2 is 2.04 bits per heavy atom. The molecule has 27 heavy (non-hydrogen) atoms. The van der Waals surface area contributed by atoms with E-state index in [1.54, 1.807) is 14.2 Å². The zero-order valence-electron chi connectivity index (χ0n) is 15.2. The normalized spacial score (nSPS) is 10.7. The molecule has 2 aromatic heterocycles. The van der Waals surface area contributed by atoms with Gasteiger partial charge in [-0.05, 0) is 36.2 Å². The van der Waals surface area contributed by atoms with E-state index in [0.717, 1.165) is 29.3 Å². The number of nitrogen functional groups attached to an aromatic ring is 1. The maximum atomic E-state index is 6.00. The number of ether oxygens (including phenoxy) is 2. The van der Waals surface area contributed by atoms with Crippen LogP contribution in [0.25, 0.3) is 11.2 Å². The van der Waals surface area contributed by atoms with Gasteiger partial charge < -0.3 is 19.8 Å². The van der Waals surface area contributed by atoms with Gasteiger partial charge in [-0.2, -0.15) is 9.97 Å². The summed E-state index contributed by atoms with van der Waals surface area (Å²) >= 11 is 6.00. The molecule has 8 heteroatoms. The van der Waals surface area contributed by atoms with Crippen LogP contribution in [0.2, 0.25) is 5.28 Å². The molecule has 3 rings (SSSR count). The summed E-state index contributed by atoms with van der Waals surface area (Å²) in [7, 11) is 3.25. The average Bonchev–Trinajstić information content (AvgIpc) is 2.99. The number of imidazole rings is 1. The van der Waals surface area contributed by atoms with E-state index in [1.807, 2.05) is 22.8 Å². The Morgan fingerprint density at radius 3 is 2.74 bits per heavy atom. The minimum absolute atomic E-state index is 0.0867. The summed E-state index contributed by atoms with van der Waals surface area (Å²) in [5.74, 6) is 5.16. The fourth-order valence-corrected chi connectivity index (χ4v) is 3.11. The van der Waals surface area contributed by atoms with Crippen LogP contribution in [0, 0.1) is 12.3 Å². The number of terminal acetylenes is 1. The molecule has 2 N–H and O–H groups in total. The summed E-state index contributed by atoms with van der Waals surface area (Å²) in [6.45, 7) is 0.648. The Hall–Kier alpha value is -2.98. The zero-order chi connectivity index (χ0) is 19.4. The van der Waals surface area contributed by atoms with E-state index in [-0.39, 0.29) is 11.1 Å². The number of fused-ring (bicyclic) bond motifs is 1. The Balaban J connectivity index is 2.09. The largest absolute Gasteiger partial charge is 0.497 e. The quantitative estimate of drug-likeness (QED) is 0.382. The van der Waals surface area contributed by atoms with Crippen LogP contribution < -0.4 is 15.2 Å². The third kappa shape index (κ3) is 3.91. The summed E-state index contributed by atoms with van der Waals surface area (Å²) in [5.41, 5.74) is 8.06. The summed E-state index contributed by atoms with van der Waals surface area (Å²) < 4.78 is 12.8. The number of aromatic nitrogens is 4. The van der Waals surface area contributed by atoms with Crippen molar-refractivity contribution in [3.63, 3.8) is 0 Å². The Kier molecular flexibility index (Phi) is 5.67. The number of halogens is 1. The van der Waals surface area contributed by atoms with Gasteiger partial charge in [0.25, 0.3) is 0 Å². The first-order chi connectivity index (χ1) is 13.1. The predicted molar refractivity (Wildman–Crippen MR) is 105 cm³/mol. The number of hydrogen-bond donors (Lipinski definition) is 1. The number of unbranched alkanes of at least 4 members (excludes halogenated alkanes) is 1. The number of hydrogen-bond acceptors (Lipinski definition) is 6. The first-order valence-electron chi connectivity index (χ1n) is 8.39. The van der Waals surface area contributed by atoms with Gasteiger partial charge in [-0.15, -0.1) is 12.3 Å². The highest BCUT2D eigenvalue weighted by Gasteiger charge is 2.18. The first-order valence-corrected chi connectivity index (χ1v) is 8.77. The van der Waals surface area contributed by atoms with Gasteiger partial charge in [-0.25, -0.2) is 4.98 Å². The lowest BCUT2D eigenvalue weighted by Gasteiger charge is -2.12. The Labute approximate surface area is 162 Å². The minimum Gasteiger partial charge on any atom is -0.497 e. The number of nitrogens with zero attached hydrogens (tertiary/aromatic N) is 4. The van der Waals surface area contributed by atoms with Crippen molar-refractivity contribution in [3.8, 4) is 23.8 Å². The predicted octanol–water partition coefficient (Wildman–Crippen LogP) is 3.08. The lowest BCUT2D eigenvalue weighted by atomic mass is 10.1. The molecule has 1 aromatic carbocycles. The monoisotopic (exact) mass is 385 g/mol. The van der Waals surface area contributed by atoms with Crippen LogP contribution >= 0.6 is 11.6 Å². The maximum Gasteiger partial charge on any atom is 0.226 e. The van der Waals surface area contributed by atoms with Crippen LogP contribution in [0.15, 0.2) is 18.2 Å². The molecule has 0 fully saturated rings. The third-order valence-electron chi connectivity index (χ3n) is 4.21. The van der Waals surface area contributed by atoms with Gasteiger partial charge in [0.1, 0.15) is 17.3 Å². The Bertz CT molecular complexity index is 1010. The number of anilines is 1. The smallest absolute Gasteiger partial charge is 0.226 e. The van der Waals surface area contributed by atoms with Gasteiger partial charge in [0.2, 0.25) is 5.28 Å². The van der Waals surface area contributed by atoms with Crippen molar-refractivity contribution in [2.45, 2.75) is 25.8 Å². The van der Waals surface area contributed by atoms with Crippen LogP contribution in [-0.4, -0.2) is 33.7 Å². The van der Waals surface area contributed by atoms with Crippen molar-refractivity contribution in [1.82, 2.24) is 19.5 Å². The second-order valence-electron chi connectivity index (χ2n) is 5.89. The van der Waals surface area contributed by atoms with E-state index in [1.165, 1.54) is 0 Å². The molecule has 0 unspecified atom stereocenters. The highest BCUT2D eigenvalue weighted by atomic mass is 35.5. The van der Waals surface area contributed by atoms with E-state index in [9.17, 15) is 0 Å². The van der Waals surface area contributed by atoms with Crippen LogP contribution in [0.5, 0.6) is 11.5 Å². The van der Waals surface area contributed by atoms with E-state index in [0.29, 0.717) is 30.6 Å². The van der Waals surface area contributed by atoms with Crippen molar-refractivity contribution in [2.75, 3.05) is 20.0 Å². The van der Waals surface area contributed by atoms with Crippen LogP contribution in [-0.2, 0) is 13.0 Å². The van der Waals surface area contributed by atoms with Gasteiger partial charge in [0, 0.05) is 24.9 Å². The Morgan fingerprint density at radius 1 is 1.22 bits per heavy atom. The van der Waals surface area contributed by atoms with Gasteiger partial charge in [0.05, 0.1) is 14.2 Å². The molecule has 0 spiro atoms. The van der Waals surface area contributed by atoms with E-state index in [4.69, 9.17) is 33.2 Å². The lowest BCUT2D eigenvalue weighted by molar-refractivity contribution is 0.399. The van der Waals surface area contributed by atoms with E-state index < -0.39 is 0 Å². The van der Waals surface area contributed by atoms with Gasteiger partial charge in [-0.1, -0.05) is 0 Å². The van der Waals surface area contributed by atoms with Gasteiger partial charge >= 0.3 is 0 Å². The van der Waals surface area contributed by atoms with Crippen molar-refractivity contribution in [2.24, 2.45) is 0 Å². The molecular formula is C19H20ClN5O2. The second kappa shape index (κ2) is 8.14. The molecule has 3 aromatic rings. The van der Waals surface area contributed by atoms with Crippen molar-refractivity contribution in [3.05, 3.63) is 34.9 Å². The SMILES string of the molecule is C#CCCCn1c(Cc2cc(OC)ccc2OC)nc2c(N)nc(Cl)nc21. The molecule has 0 aliphatic rings. The first kappa shape index (κ1) is 18.8. The number of methoxy groups -OCH3 is 2. The number of benzene rings is 1. The molecule has 0 aliphatic heterocycles. The highest BCUT2D eigenvalue weighted by Crippen LogP contribution is 2.28. The van der Waals surface area contributed by atoms with Gasteiger partial charge in [0.15, 0.2) is 17.0 Å². The average molecular weight is 386 g/mol. The molecule has 2 heterocycles. The van der Waals surface area contributed by atoms with Crippen molar-refractivity contribution >= 4 is 28.6 Å². The second-order valence-corrected chi connectivity index (χ2v) is 6.23. The summed E-state index contributed by atoms with van der Waals surface area (Å²) in [4.78, 5) is 13.0.